The Morgan fingerprint density at radius 1 is 1.06 bits per heavy atom. The van der Waals surface area contributed by atoms with Gasteiger partial charge in [-0.2, -0.15) is 0 Å². The fraction of sp³-hybridized carbons (Fsp3) is 0.154. The first-order valence-electron chi connectivity index (χ1n) is 5.43. The van der Waals surface area contributed by atoms with E-state index in [0.29, 0.717) is 22.6 Å². The van der Waals surface area contributed by atoms with Crippen LogP contribution in [0.5, 0.6) is 0 Å². The summed E-state index contributed by atoms with van der Waals surface area (Å²) < 4.78 is 0. The molecule has 0 bridgehead atoms. The fourth-order valence-electron chi connectivity index (χ4n) is 1.53. The average Bonchev–Trinajstić information content (AvgIpc) is 2.28. The van der Waals surface area contributed by atoms with Gasteiger partial charge in [-0.1, -0.05) is 0 Å². The first kappa shape index (κ1) is 12.0. The van der Waals surface area contributed by atoms with Crippen LogP contribution in [0.1, 0.15) is 25.2 Å². The quantitative estimate of drug-likeness (QED) is 0.793. The van der Waals surface area contributed by atoms with E-state index in [4.69, 9.17) is 0 Å². The number of pyridine rings is 1. The minimum atomic E-state index is 0.116. The van der Waals surface area contributed by atoms with E-state index in [1.54, 1.807) is 32.2 Å². The van der Waals surface area contributed by atoms with Crippen LogP contribution in [0.3, 0.4) is 0 Å². The van der Waals surface area contributed by atoms with Crippen molar-refractivity contribution in [1.29, 1.82) is 0 Å². The largest absolute Gasteiger partial charge is 0.513 e. The summed E-state index contributed by atoms with van der Waals surface area (Å²) in [6, 6.07) is 3.56. The van der Waals surface area contributed by atoms with Gasteiger partial charge in [0.1, 0.15) is 5.52 Å². The zero-order valence-electron chi connectivity index (χ0n) is 10.1. The molecule has 2 N–H and O–H groups in total. The molecule has 2 heterocycles. The monoisotopic (exact) mass is 243 g/mol. The molecule has 92 valence electrons. The van der Waals surface area contributed by atoms with Gasteiger partial charge < -0.3 is 10.2 Å². The van der Waals surface area contributed by atoms with E-state index >= 15 is 0 Å². The highest BCUT2D eigenvalue weighted by atomic mass is 16.3. The maximum Gasteiger partial charge on any atom is 0.178 e. The second kappa shape index (κ2) is 4.83. The van der Waals surface area contributed by atoms with Gasteiger partial charge in [-0.25, -0.2) is 15.0 Å². The van der Waals surface area contributed by atoms with Crippen molar-refractivity contribution in [2.24, 2.45) is 0 Å². The summed E-state index contributed by atoms with van der Waals surface area (Å²) in [6.07, 6.45) is 4.60. The number of aliphatic hydroxyl groups is 2. The Bertz CT molecular complexity index is 583. The zero-order valence-corrected chi connectivity index (χ0v) is 10.1. The maximum atomic E-state index is 9.33. The van der Waals surface area contributed by atoms with Crippen molar-refractivity contribution in [3.8, 4) is 0 Å². The Balaban J connectivity index is 2.71. The molecule has 0 spiro atoms. The average molecular weight is 243 g/mol. The second-order valence-electron chi connectivity index (χ2n) is 3.91. The Labute approximate surface area is 104 Å². The van der Waals surface area contributed by atoms with Gasteiger partial charge in [0.25, 0.3) is 0 Å². The molecule has 0 aliphatic heterocycles. The van der Waals surface area contributed by atoms with Crippen LogP contribution in [0, 0.1) is 0 Å². The molecule has 2 rings (SSSR count). The van der Waals surface area contributed by atoms with Gasteiger partial charge >= 0.3 is 0 Å². The summed E-state index contributed by atoms with van der Waals surface area (Å²) >= 11 is 0. The summed E-state index contributed by atoms with van der Waals surface area (Å²) in [6.45, 7) is 3.10. The van der Waals surface area contributed by atoms with Gasteiger partial charge in [-0.3, -0.25) is 0 Å². The van der Waals surface area contributed by atoms with Crippen molar-refractivity contribution >= 4 is 23.3 Å². The van der Waals surface area contributed by atoms with E-state index in [9.17, 15) is 10.2 Å². The lowest BCUT2D eigenvalue weighted by Crippen LogP contribution is -1.96. The van der Waals surface area contributed by atoms with E-state index in [0.717, 1.165) is 0 Å². The van der Waals surface area contributed by atoms with Crippen molar-refractivity contribution in [3.05, 3.63) is 41.2 Å². The molecule has 2 aromatic rings. The highest BCUT2D eigenvalue weighted by Crippen LogP contribution is 2.15. The van der Waals surface area contributed by atoms with Gasteiger partial charge in [-0.15, -0.1) is 0 Å². The molecule has 0 amide bonds. The van der Waals surface area contributed by atoms with Gasteiger partial charge in [-0.05, 0) is 26.0 Å². The van der Waals surface area contributed by atoms with Crippen LogP contribution >= 0.6 is 0 Å². The Hall–Kier alpha value is -2.43. The molecule has 0 saturated carbocycles. The number of rotatable bonds is 2. The van der Waals surface area contributed by atoms with Crippen molar-refractivity contribution in [3.63, 3.8) is 0 Å². The van der Waals surface area contributed by atoms with E-state index < -0.39 is 0 Å². The lowest BCUT2D eigenvalue weighted by Gasteiger charge is -2.03. The minimum absolute atomic E-state index is 0.116. The normalized spacial score (nSPS) is 13.0. The molecule has 0 fully saturated rings. The molecule has 18 heavy (non-hydrogen) atoms. The zero-order chi connectivity index (χ0) is 13.1. The van der Waals surface area contributed by atoms with Crippen molar-refractivity contribution < 1.29 is 10.2 Å². The molecule has 2 aromatic heterocycles. The van der Waals surface area contributed by atoms with Gasteiger partial charge in [0.2, 0.25) is 0 Å². The van der Waals surface area contributed by atoms with Crippen LogP contribution in [0.15, 0.2) is 29.8 Å². The lowest BCUT2D eigenvalue weighted by atomic mass is 10.2. The van der Waals surface area contributed by atoms with E-state index in [-0.39, 0.29) is 11.5 Å². The number of nitrogens with zero attached hydrogens (tertiary/aromatic N) is 3. The van der Waals surface area contributed by atoms with Crippen molar-refractivity contribution in [2.45, 2.75) is 13.8 Å². The number of aromatic nitrogens is 3. The Morgan fingerprint density at radius 2 is 1.67 bits per heavy atom. The molecule has 5 heteroatoms. The highest BCUT2D eigenvalue weighted by Gasteiger charge is 2.06. The van der Waals surface area contributed by atoms with Gasteiger partial charge in [0.05, 0.1) is 22.9 Å². The van der Waals surface area contributed by atoms with Gasteiger partial charge in [0.15, 0.2) is 5.65 Å². The third-order valence-electron chi connectivity index (χ3n) is 2.19. The van der Waals surface area contributed by atoms with E-state index in [2.05, 4.69) is 15.0 Å². The molecule has 5 nitrogen and oxygen atoms in total. The summed E-state index contributed by atoms with van der Waals surface area (Å²) in [5.41, 5.74) is 2.09. The second-order valence-corrected chi connectivity index (χ2v) is 3.91. The highest BCUT2D eigenvalue weighted by molar-refractivity contribution is 5.74. The standard InChI is InChI=1S/C13H13N3O2/c1-8(17)6-11-12(7-9(2)18)16-13-10(15-11)4-3-5-14-13/h3-7,17-18H,1-2H3. The number of hydrogen-bond acceptors (Lipinski definition) is 5. The summed E-state index contributed by atoms with van der Waals surface area (Å²) in [5, 5.41) is 18.7. The minimum Gasteiger partial charge on any atom is -0.513 e. The topological polar surface area (TPSA) is 79.1 Å². The van der Waals surface area contributed by atoms with Crippen molar-refractivity contribution in [2.75, 3.05) is 0 Å². The number of allylic oxidation sites excluding steroid dienone is 2. The first-order chi connectivity index (χ1) is 8.56. The van der Waals surface area contributed by atoms with Crippen LogP contribution in [0.25, 0.3) is 23.3 Å². The summed E-state index contributed by atoms with van der Waals surface area (Å²) in [7, 11) is 0. The summed E-state index contributed by atoms with van der Waals surface area (Å²) in [5.74, 6) is 0.239. The molecule has 0 saturated heterocycles. The lowest BCUT2D eigenvalue weighted by molar-refractivity contribution is 0.418. The fourth-order valence-corrected chi connectivity index (χ4v) is 1.53. The van der Waals surface area contributed by atoms with E-state index in [1.165, 1.54) is 12.2 Å². The molecule has 0 unspecified atom stereocenters. The molecular formula is C13H13N3O2. The number of fused-ring (bicyclic) bond motifs is 1. The third-order valence-corrected chi connectivity index (χ3v) is 2.19. The molecule has 0 aliphatic carbocycles. The van der Waals surface area contributed by atoms with Crippen LogP contribution in [-0.2, 0) is 0 Å². The maximum absolute atomic E-state index is 9.33. The van der Waals surface area contributed by atoms with Crippen LogP contribution in [-0.4, -0.2) is 25.2 Å². The Kier molecular flexibility index (Phi) is 3.23. The SMILES string of the molecule is CC(O)=Cc1nc2cccnc2nc1C=C(C)O. The van der Waals surface area contributed by atoms with Crippen molar-refractivity contribution in [1.82, 2.24) is 15.0 Å². The first-order valence-corrected chi connectivity index (χ1v) is 5.43. The van der Waals surface area contributed by atoms with Crippen LogP contribution in [0.4, 0.5) is 0 Å². The smallest absolute Gasteiger partial charge is 0.178 e. The van der Waals surface area contributed by atoms with Crippen LogP contribution in [0.2, 0.25) is 0 Å². The Morgan fingerprint density at radius 3 is 2.28 bits per heavy atom. The molecular weight excluding hydrogens is 230 g/mol. The molecule has 0 aromatic carbocycles. The van der Waals surface area contributed by atoms with Gasteiger partial charge in [0, 0.05) is 18.3 Å². The molecule has 0 aliphatic rings. The molecule has 0 radical (unpaired) electrons. The van der Waals surface area contributed by atoms with Crippen LogP contribution < -0.4 is 0 Å². The predicted molar refractivity (Wildman–Crippen MR) is 69.9 cm³/mol. The number of hydrogen-bond donors (Lipinski definition) is 2. The third kappa shape index (κ3) is 2.63. The number of aliphatic hydroxyl groups excluding tert-OH is 2. The predicted octanol–water partition coefficient (Wildman–Crippen LogP) is 2.86. The molecule has 0 atom stereocenters. The van der Waals surface area contributed by atoms with E-state index in [1.807, 2.05) is 0 Å². The summed E-state index contributed by atoms with van der Waals surface area (Å²) in [4.78, 5) is 12.8.